The van der Waals surface area contributed by atoms with Crippen molar-refractivity contribution in [2.75, 3.05) is 4.90 Å². The van der Waals surface area contributed by atoms with Gasteiger partial charge < -0.3 is 0 Å². The summed E-state index contributed by atoms with van der Waals surface area (Å²) in [4.78, 5) is 28.9. The summed E-state index contributed by atoms with van der Waals surface area (Å²) in [5, 5.41) is 6.20. The Morgan fingerprint density at radius 1 is 0.366 bits per heavy atom. The molecule has 0 saturated heterocycles. The number of para-hydroxylation sites is 1. The molecule has 8 rings (SSSR count). The lowest BCUT2D eigenvalue weighted by Crippen LogP contribution is -2.40. The Hall–Kier alpha value is -5.54. The summed E-state index contributed by atoms with van der Waals surface area (Å²) in [6.07, 6.45) is 0. The fraction of sp³-hybridized carbons (Fsp3) is 0. The average Bonchev–Trinajstić information content (AvgIpc) is 3.03. The van der Waals surface area contributed by atoms with Gasteiger partial charge in [0.2, 0.25) is 0 Å². The van der Waals surface area contributed by atoms with Crippen molar-refractivity contribution in [2.45, 2.75) is 0 Å². The molecule has 2 amide bonds. The molecule has 0 spiro atoms. The molecule has 1 aliphatic heterocycles. The van der Waals surface area contributed by atoms with Gasteiger partial charge in [0.25, 0.3) is 11.8 Å². The molecule has 0 N–H and O–H groups in total. The van der Waals surface area contributed by atoms with E-state index in [1.54, 1.807) is 12.1 Å². The van der Waals surface area contributed by atoms with E-state index in [2.05, 4.69) is 78.9 Å². The van der Waals surface area contributed by atoms with Crippen LogP contribution in [0.1, 0.15) is 20.7 Å². The molecule has 192 valence electrons. The predicted octanol–water partition coefficient (Wildman–Crippen LogP) is 9.28. The topological polar surface area (TPSA) is 37.4 Å². The predicted molar refractivity (Wildman–Crippen MR) is 167 cm³/mol. The number of anilines is 1. The van der Waals surface area contributed by atoms with Gasteiger partial charge in [-0.3, -0.25) is 9.59 Å². The monoisotopic (exact) mass is 525 g/mol. The molecule has 41 heavy (non-hydrogen) atoms. The van der Waals surface area contributed by atoms with Crippen LogP contribution in [0.2, 0.25) is 0 Å². The quantitative estimate of drug-likeness (QED) is 0.170. The molecule has 7 aromatic carbocycles. The number of amides is 2. The molecule has 1 aliphatic rings. The van der Waals surface area contributed by atoms with Crippen LogP contribution in [0.15, 0.2) is 140 Å². The zero-order valence-corrected chi connectivity index (χ0v) is 22.0. The first-order chi connectivity index (χ1) is 20.2. The highest BCUT2D eigenvalue weighted by atomic mass is 16.2. The smallest absolute Gasteiger partial charge is 0.265 e. The minimum absolute atomic E-state index is 0.300. The summed E-state index contributed by atoms with van der Waals surface area (Å²) in [7, 11) is 0. The van der Waals surface area contributed by atoms with E-state index < -0.39 is 0 Å². The number of fused-ring (bicyclic) bond motifs is 2. The van der Waals surface area contributed by atoms with E-state index in [1.807, 2.05) is 48.5 Å². The number of hydrogen-bond acceptors (Lipinski definition) is 2. The van der Waals surface area contributed by atoms with E-state index in [0.29, 0.717) is 22.2 Å². The van der Waals surface area contributed by atoms with Crippen molar-refractivity contribution >= 4 is 49.8 Å². The van der Waals surface area contributed by atoms with Crippen LogP contribution in [0.3, 0.4) is 0 Å². The molecular weight excluding hydrogens is 502 g/mol. The van der Waals surface area contributed by atoms with E-state index in [4.69, 9.17) is 0 Å². The Labute approximate surface area is 236 Å². The van der Waals surface area contributed by atoms with Crippen molar-refractivity contribution in [1.29, 1.82) is 0 Å². The standard InChI is InChI=1S/C38H23NO2/c40-37-32-21-11-20-30-31(22-23-33(36(30)32)38(41)39(37)25-14-5-2-6-15-25)35-28-18-9-7-16-26(28)34(24-12-3-1-4-13-24)27-17-8-10-19-29(27)35/h1-23H. The van der Waals surface area contributed by atoms with Gasteiger partial charge in [0.15, 0.2) is 0 Å². The minimum atomic E-state index is -0.300. The first-order valence-corrected chi connectivity index (χ1v) is 13.7. The summed E-state index contributed by atoms with van der Waals surface area (Å²) in [5.41, 5.74) is 6.13. The number of carbonyl (C=O) groups excluding carboxylic acids is 2. The molecule has 1 heterocycles. The number of hydrogen-bond donors (Lipinski definition) is 0. The highest BCUT2D eigenvalue weighted by Gasteiger charge is 2.34. The maximum Gasteiger partial charge on any atom is 0.265 e. The van der Waals surface area contributed by atoms with Crippen LogP contribution < -0.4 is 4.90 Å². The lowest BCUT2D eigenvalue weighted by Gasteiger charge is -2.28. The van der Waals surface area contributed by atoms with Gasteiger partial charge in [-0.1, -0.05) is 115 Å². The second-order valence-electron chi connectivity index (χ2n) is 10.4. The first-order valence-electron chi connectivity index (χ1n) is 13.7. The van der Waals surface area contributed by atoms with Crippen molar-refractivity contribution in [1.82, 2.24) is 0 Å². The Kier molecular flexibility index (Phi) is 5.13. The summed E-state index contributed by atoms with van der Waals surface area (Å²) in [6.45, 7) is 0. The van der Waals surface area contributed by atoms with E-state index in [9.17, 15) is 9.59 Å². The van der Waals surface area contributed by atoms with Crippen molar-refractivity contribution in [3.63, 3.8) is 0 Å². The molecular formula is C38H23NO2. The molecule has 0 saturated carbocycles. The minimum Gasteiger partial charge on any atom is -0.268 e. The second-order valence-corrected chi connectivity index (χ2v) is 10.4. The average molecular weight is 526 g/mol. The second kappa shape index (κ2) is 9.00. The summed E-state index contributed by atoms with van der Waals surface area (Å²) in [5.74, 6) is -0.601. The molecule has 0 bridgehead atoms. The third-order valence-corrected chi connectivity index (χ3v) is 8.19. The van der Waals surface area contributed by atoms with Crippen LogP contribution in [0.25, 0.3) is 54.6 Å². The van der Waals surface area contributed by atoms with Gasteiger partial charge in [0.05, 0.1) is 5.69 Å². The largest absolute Gasteiger partial charge is 0.268 e. The molecule has 0 atom stereocenters. The van der Waals surface area contributed by atoms with E-state index in [0.717, 1.165) is 38.1 Å². The zero-order chi connectivity index (χ0) is 27.5. The van der Waals surface area contributed by atoms with Crippen LogP contribution in [0.4, 0.5) is 5.69 Å². The van der Waals surface area contributed by atoms with Crippen LogP contribution >= 0.6 is 0 Å². The maximum atomic E-state index is 13.8. The molecule has 0 radical (unpaired) electrons. The van der Waals surface area contributed by atoms with Gasteiger partial charge in [-0.2, -0.15) is 0 Å². The molecule has 0 aromatic heterocycles. The third kappa shape index (κ3) is 3.39. The molecule has 7 aromatic rings. The highest BCUT2D eigenvalue weighted by Crippen LogP contribution is 2.46. The molecule has 0 unspecified atom stereocenters. The molecule has 0 fully saturated rings. The first kappa shape index (κ1) is 23.4. The molecule has 3 heteroatoms. The highest BCUT2D eigenvalue weighted by molar-refractivity contribution is 6.37. The van der Waals surface area contributed by atoms with Crippen LogP contribution in [-0.4, -0.2) is 11.8 Å². The van der Waals surface area contributed by atoms with Crippen LogP contribution in [0.5, 0.6) is 0 Å². The number of carbonyl (C=O) groups is 2. The van der Waals surface area contributed by atoms with Crippen molar-refractivity contribution in [2.24, 2.45) is 0 Å². The lowest BCUT2D eigenvalue weighted by molar-refractivity contribution is 0.0893. The SMILES string of the molecule is O=C1c2cccc3c(-c4c5ccccc5c(-c5ccccc5)c5ccccc45)ccc(c23)C(=O)N1c1ccccc1. The number of benzene rings is 7. The van der Waals surface area contributed by atoms with Crippen LogP contribution in [0, 0.1) is 0 Å². The summed E-state index contributed by atoms with van der Waals surface area (Å²) in [6, 6.07) is 46.4. The zero-order valence-electron chi connectivity index (χ0n) is 22.0. The Morgan fingerprint density at radius 2 is 0.829 bits per heavy atom. The summed E-state index contributed by atoms with van der Waals surface area (Å²) >= 11 is 0. The molecule has 0 aliphatic carbocycles. The van der Waals surface area contributed by atoms with Crippen LogP contribution in [-0.2, 0) is 0 Å². The fourth-order valence-electron chi connectivity index (χ4n) is 6.46. The van der Waals surface area contributed by atoms with Crippen molar-refractivity contribution < 1.29 is 9.59 Å². The van der Waals surface area contributed by atoms with E-state index in [-0.39, 0.29) is 11.8 Å². The van der Waals surface area contributed by atoms with Crippen molar-refractivity contribution in [3.8, 4) is 22.3 Å². The summed E-state index contributed by atoms with van der Waals surface area (Å²) < 4.78 is 0. The van der Waals surface area contributed by atoms with Gasteiger partial charge in [-0.25, -0.2) is 4.90 Å². The van der Waals surface area contributed by atoms with Gasteiger partial charge in [-0.05, 0) is 73.5 Å². The Morgan fingerprint density at radius 3 is 1.44 bits per heavy atom. The Bertz CT molecular complexity index is 2100. The molecule has 3 nitrogen and oxygen atoms in total. The maximum absolute atomic E-state index is 13.8. The Balaban J connectivity index is 1.45. The lowest BCUT2D eigenvalue weighted by atomic mass is 9.83. The van der Waals surface area contributed by atoms with E-state index >= 15 is 0 Å². The van der Waals surface area contributed by atoms with Gasteiger partial charge >= 0.3 is 0 Å². The number of rotatable bonds is 3. The van der Waals surface area contributed by atoms with Crippen molar-refractivity contribution in [3.05, 3.63) is 151 Å². The normalized spacial score (nSPS) is 12.9. The third-order valence-electron chi connectivity index (χ3n) is 8.19. The number of imide groups is 1. The van der Waals surface area contributed by atoms with E-state index in [1.165, 1.54) is 16.0 Å². The van der Waals surface area contributed by atoms with Gasteiger partial charge in [-0.15, -0.1) is 0 Å². The number of nitrogens with zero attached hydrogens (tertiary/aromatic N) is 1. The fourth-order valence-corrected chi connectivity index (χ4v) is 6.46. The van der Waals surface area contributed by atoms with Gasteiger partial charge in [0.1, 0.15) is 0 Å². The van der Waals surface area contributed by atoms with Gasteiger partial charge in [0, 0.05) is 16.5 Å².